The summed E-state index contributed by atoms with van der Waals surface area (Å²) in [5.74, 6) is -0.376. The van der Waals surface area contributed by atoms with Crippen LogP contribution in [0.15, 0.2) is 41.7 Å². The highest BCUT2D eigenvalue weighted by Gasteiger charge is 2.00. The van der Waals surface area contributed by atoms with Gasteiger partial charge in [0.2, 0.25) is 6.41 Å². The maximum absolute atomic E-state index is 12.7. The van der Waals surface area contributed by atoms with Crippen molar-refractivity contribution >= 4 is 24.1 Å². The molecule has 1 rings (SSSR count). The molecule has 0 N–H and O–H groups in total. The molecule has 0 fully saturated rings. The summed E-state index contributed by atoms with van der Waals surface area (Å²) in [4.78, 5) is 26.1. The number of benzene rings is 1. The number of nitrogens with zero attached hydrogens (tertiary/aromatic N) is 2. The maximum atomic E-state index is 12.7. The number of carbonyl (C=O) groups is 2. The number of rotatable bonds is 5. The average molecular weight is 234 g/mol. The van der Waals surface area contributed by atoms with Crippen LogP contribution in [0.4, 0.5) is 10.1 Å². The van der Waals surface area contributed by atoms with E-state index < -0.39 is 0 Å². The quantitative estimate of drug-likeness (QED) is 0.577. The van der Waals surface area contributed by atoms with Gasteiger partial charge in [-0.25, -0.2) is 4.39 Å². The van der Waals surface area contributed by atoms with Crippen LogP contribution >= 0.6 is 0 Å². The van der Waals surface area contributed by atoms with Crippen LogP contribution in [0.3, 0.4) is 0 Å². The number of halogens is 1. The van der Waals surface area contributed by atoms with Crippen LogP contribution in [0.5, 0.6) is 0 Å². The molecule has 0 saturated carbocycles. The third kappa shape index (κ3) is 3.98. The van der Waals surface area contributed by atoms with Crippen LogP contribution in [0.1, 0.15) is 6.92 Å². The molecule has 1 amide bonds. The minimum Gasteiger partial charge on any atom is -0.297 e. The Labute approximate surface area is 98.1 Å². The summed E-state index contributed by atoms with van der Waals surface area (Å²) in [5, 5.41) is 0. The Hall–Kier alpha value is -2.30. The lowest BCUT2D eigenvalue weighted by molar-refractivity contribution is -0.107. The van der Waals surface area contributed by atoms with E-state index in [1.54, 1.807) is 6.92 Å². The van der Waals surface area contributed by atoms with Crippen LogP contribution in [-0.2, 0) is 9.59 Å². The molecule has 0 bridgehead atoms. The monoisotopic (exact) mass is 234 g/mol. The van der Waals surface area contributed by atoms with Crippen LogP contribution < -0.4 is 4.90 Å². The predicted molar refractivity (Wildman–Crippen MR) is 63.3 cm³/mol. The zero-order valence-corrected chi connectivity index (χ0v) is 9.21. The first-order chi connectivity index (χ1) is 8.17. The van der Waals surface area contributed by atoms with Crippen LogP contribution in [0.25, 0.3) is 0 Å². The molecule has 17 heavy (non-hydrogen) atoms. The molecular formula is C12H11FN2O2. The van der Waals surface area contributed by atoms with E-state index in [0.29, 0.717) is 24.1 Å². The Morgan fingerprint density at radius 2 is 1.94 bits per heavy atom. The fraction of sp³-hybridized carbons (Fsp3) is 0.0833. The Bertz CT molecular complexity index is 452. The van der Waals surface area contributed by atoms with Crippen molar-refractivity contribution in [2.75, 3.05) is 4.90 Å². The molecule has 0 saturated heterocycles. The van der Waals surface area contributed by atoms with Crippen LogP contribution in [-0.4, -0.2) is 18.4 Å². The number of carbonyl (C=O) groups excluding carboxylic acids is 2. The molecule has 0 aliphatic carbocycles. The van der Waals surface area contributed by atoms with E-state index in [2.05, 4.69) is 4.99 Å². The Balaban J connectivity index is 2.82. The highest BCUT2D eigenvalue weighted by Crippen LogP contribution is 2.13. The number of anilines is 1. The van der Waals surface area contributed by atoms with Crippen molar-refractivity contribution in [3.63, 3.8) is 0 Å². The zero-order chi connectivity index (χ0) is 12.7. The molecule has 0 radical (unpaired) electrons. The molecule has 0 atom stereocenters. The molecule has 0 aliphatic rings. The fourth-order valence-corrected chi connectivity index (χ4v) is 1.05. The number of aldehydes is 1. The highest BCUT2D eigenvalue weighted by molar-refractivity contribution is 6.27. The number of hydrogen-bond donors (Lipinski definition) is 0. The van der Waals surface area contributed by atoms with Crippen molar-refractivity contribution in [3.8, 4) is 0 Å². The third-order valence-electron chi connectivity index (χ3n) is 1.91. The molecule has 0 aliphatic heterocycles. The summed E-state index contributed by atoms with van der Waals surface area (Å²) in [6.45, 7) is 1.54. The van der Waals surface area contributed by atoms with Gasteiger partial charge in [0.05, 0.1) is 5.71 Å². The van der Waals surface area contributed by atoms with Crippen molar-refractivity contribution in [3.05, 3.63) is 42.5 Å². The maximum Gasteiger partial charge on any atom is 0.218 e. The summed E-state index contributed by atoms with van der Waals surface area (Å²) in [7, 11) is 0. The molecule has 4 nitrogen and oxygen atoms in total. The van der Waals surface area contributed by atoms with Gasteiger partial charge in [0.15, 0.2) is 6.29 Å². The van der Waals surface area contributed by atoms with Gasteiger partial charge in [0, 0.05) is 18.1 Å². The minimum absolute atomic E-state index is 0.297. The van der Waals surface area contributed by atoms with Gasteiger partial charge < -0.3 is 0 Å². The van der Waals surface area contributed by atoms with E-state index in [1.165, 1.54) is 41.6 Å². The lowest BCUT2D eigenvalue weighted by Crippen LogP contribution is -2.12. The van der Waals surface area contributed by atoms with Gasteiger partial charge in [0.25, 0.3) is 0 Å². The van der Waals surface area contributed by atoms with E-state index in [0.717, 1.165) is 0 Å². The van der Waals surface area contributed by atoms with Crippen molar-refractivity contribution in [1.82, 2.24) is 0 Å². The van der Waals surface area contributed by atoms with E-state index in [1.807, 2.05) is 0 Å². The summed E-state index contributed by atoms with van der Waals surface area (Å²) < 4.78 is 12.7. The molecular weight excluding hydrogens is 223 g/mol. The topological polar surface area (TPSA) is 49.7 Å². The summed E-state index contributed by atoms with van der Waals surface area (Å²) in [6.07, 6.45) is 3.87. The molecule has 0 heterocycles. The first-order valence-electron chi connectivity index (χ1n) is 4.83. The van der Waals surface area contributed by atoms with Crippen molar-refractivity contribution < 1.29 is 14.0 Å². The number of amides is 1. The SMILES string of the molecule is CC(C=O)=N/C=C\N(C=O)c1ccc(F)cc1. The average Bonchev–Trinajstić information content (AvgIpc) is 2.35. The Kier molecular flexibility index (Phi) is 4.75. The van der Waals surface area contributed by atoms with E-state index in [9.17, 15) is 14.0 Å². The lowest BCUT2D eigenvalue weighted by atomic mass is 10.3. The zero-order valence-electron chi connectivity index (χ0n) is 9.21. The van der Waals surface area contributed by atoms with Gasteiger partial charge in [-0.3, -0.25) is 19.5 Å². The summed E-state index contributed by atoms with van der Waals surface area (Å²) in [6, 6.07) is 5.42. The molecule has 0 aromatic heterocycles. The minimum atomic E-state index is -0.376. The van der Waals surface area contributed by atoms with Gasteiger partial charge >= 0.3 is 0 Å². The highest BCUT2D eigenvalue weighted by atomic mass is 19.1. The third-order valence-corrected chi connectivity index (χ3v) is 1.91. The molecule has 1 aromatic carbocycles. The number of aliphatic imine (C=N–C) groups is 1. The first-order valence-corrected chi connectivity index (χ1v) is 4.83. The second-order valence-electron chi connectivity index (χ2n) is 3.18. The van der Waals surface area contributed by atoms with Crippen molar-refractivity contribution in [1.29, 1.82) is 0 Å². The first kappa shape index (κ1) is 12.8. The summed E-state index contributed by atoms with van der Waals surface area (Å²) >= 11 is 0. The standard InChI is InChI=1S/C12H11FN2O2/c1-10(8-16)14-6-7-15(9-17)12-4-2-11(13)3-5-12/h2-9H,1H3/b7-6-,14-10?. The molecule has 88 valence electrons. The fourth-order valence-electron chi connectivity index (χ4n) is 1.05. The van der Waals surface area contributed by atoms with Gasteiger partial charge in [-0.05, 0) is 31.2 Å². The van der Waals surface area contributed by atoms with E-state index >= 15 is 0 Å². The summed E-state index contributed by atoms with van der Waals surface area (Å²) in [5.41, 5.74) is 0.808. The second-order valence-corrected chi connectivity index (χ2v) is 3.18. The largest absolute Gasteiger partial charge is 0.297 e. The molecule has 0 spiro atoms. The second kappa shape index (κ2) is 6.32. The van der Waals surface area contributed by atoms with Crippen molar-refractivity contribution in [2.45, 2.75) is 6.92 Å². The molecule has 5 heteroatoms. The van der Waals surface area contributed by atoms with Crippen LogP contribution in [0.2, 0.25) is 0 Å². The predicted octanol–water partition coefficient (Wildman–Crippen LogP) is 1.92. The van der Waals surface area contributed by atoms with E-state index in [-0.39, 0.29) is 5.82 Å². The van der Waals surface area contributed by atoms with E-state index in [4.69, 9.17) is 0 Å². The van der Waals surface area contributed by atoms with Gasteiger partial charge in [-0.2, -0.15) is 0 Å². The van der Waals surface area contributed by atoms with Gasteiger partial charge in [-0.1, -0.05) is 0 Å². The smallest absolute Gasteiger partial charge is 0.218 e. The van der Waals surface area contributed by atoms with Gasteiger partial charge in [0.1, 0.15) is 5.82 Å². The van der Waals surface area contributed by atoms with Gasteiger partial charge in [-0.15, -0.1) is 0 Å². The number of hydrogen-bond acceptors (Lipinski definition) is 3. The normalized spacial score (nSPS) is 11.5. The lowest BCUT2D eigenvalue weighted by Gasteiger charge is -2.10. The Morgan fingerprint density at radius 3 is 2.47 bits per heavy atom. The molecule has 1 aromatic rings. The van der Waals surface area contributed by atoms with Crippen LogP contribution in [0, 0.1) is 5.82 Å². The van der Waals surface area contributed by atoms with Crippen molar-refractivity contribution in [2.24, 2.45) is 4.99 Å². The molecule has 0 unspecified atom stereocenters. The Morgan fingerprint density at radius 1 is 1.29 bits per heavy atom.